The average Bonchev–Trinajstić information content (AvgIpc) is 2.72. The maximum absolute atomic E-state index is 13.1. The number of methoxy groups -OCH3 is 3. The van der Waals surface area contributed by atoms with E-state index in [9.17, 15) is 9.59 Å². The molecule has 0 saturated heterocycles. The monoisotopic (exact) mass is 468 g/mol. The molecule has 0 atom stereocenters. The third-order valence-corrected chi connectivity index (χ3v) is 4.35. The second-order valence-corrected chi connectivity index (χ2v) is 6.01. The first-order chi connectivity index (χ1) is 13.9. The van der Waals surface area contributed by atoms with Crippen molar-refractivity contribution >= 4 is 35.0 Å². The van der Waals surface area contributed by atoms with Gasteiger partial charge in [0.2, 0.25) is 5.75 Å². The number of fused-ring (bicyclic) bond motifs is 1. The Kier molecular flexibility index (Phi) is 10.2. The number of rotatable bonds is 5. The SMILES string of the molecule is COc1cc(-n2cc(C(=O)NC(=N)N)c3ccccc3c2=O)cc(OC)c1OC.Cl.O.O. The number of aromatic nitrogens is 1. The van der Waals surface area contributed by atoms with Crippen LogP contribution in [0.4, 0.5) is 0 Å². The molecule has 8 N–H and O–H groups in total. The normalized spacial score (nSPS) is 9.47. The largest absolute Gasteiger partial charge is 0.493 e. The van der Waals surface area contributed by atoms with Crippen LogP contribution < -0.4 is 30.8 Å². The standard InChI is InChI=1S/C20H20N4O5.ClH.2H2O/c1-27-15-8-11(9-16(28-2)17(15)29-3)24-10-14(18(25)23-20(21)22)12-6-4-5-7-13(12)19(24)26;;;/h4-10H,1-3H3,(H4,21,22,23,25);1H;2*1H2. The first kappa shape index (κ1) is 28.2. The summed E-state index contributed by atoms with van der Waals surface area (Å²) in [6.45, 7) is 0. The predicted molar refractivity (Wildman–Crippen MR) is 123 cm³/mol. The van der Waals surface area contributed by atoms with Crippen LogP contribution in [0.1, 0.15) is 10.4 Å². The molecule has 0 aliphatic heterocycles. The smallest absolute Gasteiger partial charge is 0.263 e. The Labute approximate surface area is 189 Å². The van der Waals surface area contributed by atoms with E-state index in [1.54, 1.807) is 36.4 Å². The number of ether oxygens (including phenoxy) is 3. The Morgan fingerprint density at radius 2 is 1.53 bits per heavy atom. The molecule has 3 aromatic rings. The van der Waals surface area contributed by atoms with Gasteiger partial charge >= 0.3 is 0 Å². The second kappa shape index (κ2) is 11.6. The van der Waals surface area contributed by atoms with Crippen molar-refractivity contribution in [3.05, 3.63) is 58.5 Å². The van der Waals surface area contributed by atoms with E-state index in [0.29, 0.717) is 33.7 Å². The van der Waals surface area contributed by atoms with Crippen molar-refractivity contribution in [2.45, 2.75) is 0 Å². The Morgan fingerprint density at radius 1 is 1.00 bits per heavy atom. The number of nitrogens with two attached hydrogens (primary N) is 1. The molecule has 0 bridgehead atoms. The van der Waals surface area contributed by atoms with E-state index in [2.05, 4.69) is 5.32 Å². The maximum atomic E-state index is 13.1. The molecule has 32 heavy (non-hydrogen) atoms. The third kappa shape index (κ3) is 5.09. The van der Waals surface area contributed by atoms with Crippen molar-refractivity contribution in [3.63, 3.8) is 0 Å². The third-order valence-electron chi connectivity index (χ3n) is 4.35. The molecule has 0 fully saturated rings. The molecule has 0 spiro atoms. The minimum atomic E-state index is -0.602. The number of carbonyl (C=O) groups is 1. The lowest BCUT2D eigenvalue weighted by Crippen LogP contribution is -2.36. The van der Waals surface area contributed by atoms with Crippen LogP contribution >= 0.6 is 12.4 Å². The van der Waals surface area contributed by atoms with Gasteiger partial charge in [-0.25, -0.2) is 0 Å². The summed E-state index contributed by atoms with van der Waals surface area (Å²) in [7, 11) is 4.42. The van der Waals surface area contributed by atoms with E-state index in [1.807, 2.05) is 0 Å². The molecular formula is C20H25ClN4O7. The van der Waals surface area contributed by atoms with Crippen LogP contribution in [-0.4, -0.2) is 48.7 Å². The molecule has 174 valence electrons. The molecule has 2 aromatic carbocycles. The van der Waals surface area contributed by atoms with Gasteiger partial charge in [-0.3, -0.25) is 24.9 Å². The van der Waals surface area contributed by atoms with Gasteiger partial charge in [0, 0.05) is 29.1 Å². The number of pyridine rings is 1. The van der Waals surface area contributed by atoms with Crippen molar-refractivity contribution in [2.24, 2.45) is 5.73 Å². The van der Waals surface area contributed by atoms with Crippen molar-refractivity contribution < 1.29 is 30.0 Å². The van der Waals surface area contributed by atoms with Gasteiger partial charge in [-0.05, 0) is 6.07 Å². The minimum Gasteiger partial charge on any atom is -0.493 e. The zero-order valence-corrected chi connectivity index (χ0v) is 18.3. The second-order valence-electron chi connectivity index (χ2n) is 6.01. The van der Waals surface area contributed by atoms with E-state index in [0.717, 1.165) is 0 Å². The molecule has 0 unspecified atom stereocenters. The van der Waals surface area contributed by atoms with Gasteiger partial charge < -0.3 is 30.9 Å². The summed E-state index contributed by atoms with van der Waals surface area (Å²) in [6, 6.07) is 9.91. The molecule has 0 aliphatic carbocycles. The van der Waals surface area contributed by atoms with E-state index in [-0.39, 0.29) is 34.5 Å². The van der Waals surface area contributed by atoms with E-state index >= 15 is 0 Å². The lowest BCUT2D eigenvalue weighted by molar-refractivity contribution is 0.0977. The Morgan fingerprint density at radius 3 is 2.00 bits per heavy atom. The molecule has 12 heteroatoms. The van der Waals surface area contributed by atoms with E-state index < -0.39 is 11.9 Å². The molecule has 1 aromatic heterocycles. The molecule has 0 aliphatic rings. The van der Waals surface area contributed by atoms with Crippen LogP contribution in [0.25, 0.3) is 16.5 Å². The lowest BCUT2D eigenvalue weighted by atomic mass is 10.1. The maximum Gasteiger partial charge on any atom is 0.263 e. The number of halogens is 1. The van der Waals surface area contributed by atoms with E-state index in [1.165, 1.54) is 32.1 Å². The summed E-state index contributed by atoms with van der Waals surface area (Å²) in [5, 5.41) is 10.3. The van der Waals surface area contributed by atoms with E-state index in [4.69, 9.17) is 25.4 Å². The Balaban J connectivity index is 0.00000320. The van der Waals surface area contributed by atoms with Gasteiger partial charge in [-0.1, -0.05) is 18.2 Å². The highest BCUT2D eigenvalue weighted by Gasteiger charge is 2.19. The van der Waals surface area contributed by atoms with Crippen LogP contribution in [0.15, 0.2) is 47.4 Å². The number of hydrogen-bond donors (Lipinski definition) is 3. The van der Waals surface area contributed by atoms with Gasteiger partial charge in [0.05, 0.1) is 32.6 Å². The van der Waals surface area contributed by atoms with Gasteiger partial charge in [0.15, 0.2) is 17.5 Å². The summed E-state index contributed by atoms with van der Waals surface area (Å²) < 4.78 is 17.3. The quantitative estimate of drug-likeness (QED) is 0.358. The fourth-order valence-corrected chi connectivity index (χ4v) is 3.06. The summed E-state index contributed by atoms with van der Waals surface area (Å²) in [5.41, 5.74) is 5.55. The fourth-order valence-electron chi connectivity index (χ4n) is 3.06. The van der Waals surface area contributed by atoms with Crippen molar-refractivity contribution in [1.82, 2.24) is 9.88 Å². The first-order valence-corrected chi connectivity index (χ1v) is 8.51. The zero-order chi connectivity index (χ0) is 21.1. The van der Waals surface area contributed by atoms with Crippen LogP contribution in [-0.2, 0) is 0 Å². The number of carbonyl (C=O) groups excluding carboxylic acids is 1. The van der Waals surface area contributed by atoms with Gasteiger partial charge in [0.25, 0.3) is 11.5 Å². The highest BCUT2D eigenvalue weighted by Crippen LogP contribution is 2.39. The number of nitrogens with zero attached hydrogens (tertiary/aromatic N) is 1. The van der Waals surface area contributed by atoms with Crippen molar-refractivity contribution in [1.29, 1.82) is 5.41 Å². The highest BCUT2D eigenvalue weighted by molar-refractivity contribution is 6.11. The molecule has 11 nitrogen and oxygen atoms in total. The molecule has 0 saturated carbocycles. The molecule has 1 heterocycles. The summed E-state index contributed by atoms with van der Waals surface area (Å²) in [5.74, 6) is -0.00469. The number of hydrogen-bond acceptors (Lipinski definition) is 6. The number of amides is 1. The molecule has 3 rings (SSSR count). The molecule has 1 amide bonds. The fraction of sp³-hybridized carbons (Fsp3) is 0.150. The number of benzene rings is 2. The predicted octanol–water partition coefficient (Wildman–Crippen LogP) is 0.412. The first-order valence-electron chi connectivity index (χ1n) is 8.51. The Bertz CT molecular complexity index is 1160. The minimum absolute atomic E-state index is 0. The lowest BCUT2D eigenvalue weighted by Gasteiger charge is -2.16. The summed E-state index contributed by atoms with van der Waals surface area (Å²) in [6.07, 6.45) is 1.39. The van der Waals surface area contributed by atoms with Gasteiger partial charge in [0.1, 0.15) is 0 Å². The van der Waals surface area contributed by atoms with Crippen LogP contribution in [0, 0.1) is 5.41 Å². The van der Waals surface area contributed by atoms with Crippen LogP contribution in [0.5, 0.6) is 17.2 Å². The molecular weight excluding hydrogens is 444 g/mol. The van der Waals surface area contributed by atoms with Crippen LogP contribution in [0.3, 0.4) is 0 Å². The molecule has 0 radical (unpaired) electrons. The van der Waals surface area contributed by atoms with Gasteiger partial charge in [-0.2, -0.15) is 0 Å². The zero-order valence-electron chi connectivity index (χ0n) is 17.5. The number of nitrogens with one attached hydrogen (secondary N) is 2. The topological polar surface area (TPSA) is 192 Å². The highest BCUT2D eigenvalue weighted by atomic mass is 35.5. The average molecular weight is 469 g/mol. The number of guanidine groups is 1. The summed E-state index contributed by atoms with van der Waals surface area (Å²) >= 11 is 0. The van der Waals surface area contributed by atoms with Gasteiger partial charge in [-0.15, -0.1) is 12.4 Å². The summed E-state index contributed by atoms with van der Waals surface area (Å²) in [4.78, 5) is 25.7. The van der Waals surface area contributed by atoms with Crippen molar-refractivity contribution in [3.8, 4) is 22.9 Å². The van der Waals surface area contributed by atoms with Crippen molar-refractivity contribution in [2.75, 3.05) is 21.3 Å². The Hall–Kier alpha value is -3.80. The van der Waals surface area contributed by atoms with Crippen LogP contribution in [0.2, 0.25) is 0 Å².